The first-order chi connectivity index (χ1) is 24.8. The molecule has 2 unspecified atom stereocenters. The number of amides is 1. The lowest BCUT2D eigenvalue weighted by Gasteiger charge is -2.28. The molecule has 268 valence electrons. The summed E-state index contributed by atoms with van der Waals surface area (Å²) in [5, 5.41) is 11.2. The Kier molecular flexibility index (Phi) is 11.1. The van der Waals surface area contributed by atoms with Crippen LogP contribution in [0.5, 0.6) is 40.2 Å². The molecule has 0 aliphatic carbocycles. The molecule has 51 heavy (non-hydrogen) atoms. The summed E-state index contributed by atoms with van der Waals surface area (Å²) in [5.41, 5.74) is 4.55. The average Bonchev–Trinajstić information content (AvgIpc) is 3.66. The number of anilines is 1. The molecule has 0 saturated carbocycles. The summed E-state index contributed by atoms with van der Waals surface area (Å²) in [6.45, 7) is 0.912. The van der Waals surface area contributed by atoms with Crippen LogP contribution in [0.4, 0.5) is 5.69 Å². The van der Waals surface area contributed by atoms with E-state index in [4.69, 9.17) is 49.6 Å². The Morgan fingerprint density at radius 3 is 2.06 bits per heavy atom. The number of rotatable bonds is 15. The summed E-state index contributed by atoms with van der Waals surface area (Å²) in [4.78, 5) is 18.5. The van der Waals surface area contributed by atoms with Crippen molar-refractivity contribution in [2.45, 2.75) is 31.5 Å². The highest BCUT2D eigenvalue weighted by Gasteiger charge is 2.28. The van der Waals surface area contributed by atoms with E-state index in [9.17, 15) is 4.79 Å². The van der Waals surface area contributed by atoms with Gasteiger partial charge in [-0.3, -0.25) is 4.79 Å². The van der Waals surface area contributed by atoms with Crippen LogP contribution in [-0.4, -0.2) is 60.4 Å². The fourth-order valence-electron chi connectivity index (χ4n) is 5.93. The van der Waals surface area contributed by atoms with Crippen molar-refractivity contribution in [3.8, 4) is 40.2 Å². The summed E-state index contributed by atoms with van der Waals surface area (Å²) in [6.07, 6.45) is 1.27. The molecule has 12 nitrogen and oxygen atoms in total. The highest BCUT2D eigenvalue weighted by atomic mass is 35.5. The van der Waals surface area contributed by atoms with E-state index in [0.29, 0.717) is 76.2 Å². The Bertz CT molecular complexity index is 1890. The van der Waals surface area contributed by atoms with Crippen LogP contribution in [-0.2, 0) is 4.84 Å². The van der Waals surface area contributed by atoms with Crippen LogP contribution in [0.2, 0.25) is 5.02 Å². The summed E-state index contributed by atoms with van der Waals surface area (Å²) in [7, 11) is 7.92. The molecule has 6 rings (SSSR count). The van der Waals surface area contributed by atoms with E-state index in [2.05, 4.69) is 15.8 Å². The zero-order valence-electron chi connectivity index (χ0n) is 29.0. The van der Waals surface area contributed by atoms with Crippen LogP contribution >= 0.6 is 11.6 Å². The third-order valence-corrected chi connectivity index (χ3v) is 8.84. The first kappa shape index (κ1) is 35.3. The number of ether oxygens (including phenoxy) is 7. The van der Waals surface area contributed by atoms with Gasteiger partial charge in [-0.15, -0.1) is 0 Å². The zero-order chi connectivity index (χ0) is 35.9. The lowest BCUT2D eigenvalue weighted by atomic mass is 9.99. The number of oxime groups is 1. The zero-order valence-corrected chi connectivity index (χ0v) is 29.8. The molecule has 0 spiro atoms. The average molecular weight is 718 g/mol. The number of methoxy groups -OCH3 is 5. The van der Waals surface area contributed by atoms with Crippen molar-refractivity contribution in [2.24, 2.45) is 5.16 Å². The molecule has 0 aromatic heterocycles. The number of carbonyl (C=O) groups is 1. The fourth-order valence-corrected chi connectivity index (χ4v) is 6.10. The minimum Gasteiger partial charge on any atom is -0.493 e. The van der Waals surface area contributed by atoms with Crippen molar-refractivity contribution in [2.75, 3.05) is 54.1 Å². The van der Waals surface area contributed by atoms with Gasteiger partial charge in [0.15, 0.2) is 40.6 Å². The van der Waals surface area contributed by atoms with E-state index in [1.54, 1.807) is 53.7 Å². The van der Waals surface area contributed by atoms with Crippen LogP contribution in [0, 0.1) is 0 Å². The monoisotopic (exact) mass is 717 g/mol. The Morgan fingerprint density at radius 1 is 0.706 bits per heavy atom. The molecule has 2 atom stereocenters. The third-order valence-electron chi connectivity index (χ3n) is 8.60. The second kappa shape index (κ2) is 16.0. The highest BCUT2D eigenvalue weighted by molar-refractivity contribution is 6.31. The van der Waals surface area contributed by atoms with Crippen LogP contribution in [0.25, 0.3) is 0 Å². The molecule has 0 radical (unpaired) electrons. The topological polar surface area (TPSA) is 127 Å². The molecule has 13 heteroatoms. The SMILES string of the molecule is COc1cc(C2NC(=O)c3cc(Cl)ccc3N2)ccc1OCCCCOc1cc(C2=NOC(c3cc(OC)c(OC)c(OC)c3)C2)ccc1OC. The predicted molar refractivity (Wildman–Crippen MR) is 193 cm³/mol. The van der Waals surface area contributed by atoms with E-state index in [1.807, 2.05) is 48.5 Å². The molecule has 2 N–H and O–H groups in total. The molecule has 0 fully saturated rings. The van der Waals surface area contributed by atoms with Crippen LogP contribution in [0.1, 0.15) is 58.6 Å². The lowest BCUT2D eigenvalue weighted by molar-refractivity contribution is 0.0853. The molecule has 2 heterocycles. The van der Waals surface area contributed by atoms with Gasteiger partial charge in [-0.05, 0) is 79.1 Å². The molecular weight excluding hydrogens is 678 g/mol. The summed E-state index contributed by atoms with van der Waals surface area (Å²) >= 11 is 6.06. The smallest absolute Gasteiger partial charge is 0.255 e. The van der Waals surface area contributed by atoms with E-state index in [1.165, 1.54) is 0 Å². The molecule has 0 bridgehead atoms. The molecule has 2 aliphatic heterocycles. The van der Waals surface area contributed by atoms with Crippen LogP contribution in [0.3, 0.4) is 0 Å². The number of unbranched alkanes of at least 4 members (excludes halogenated alkanes) is 1. The Labute approximate surface area is 301 Å². The number of hydrogen-bond donors (Lipinski definition) is 2. The molecule has 0 saturated heterocycles. The Morgan fingerprint density at radius 2 is 1.37 bits per heavy atom. The minimum absolute atomic E-state index is 0.204. The van der Waals surface area contributed by atoms with Gasteiger partial charge < -0.3 is 48.6 Å². The Hall–Kier alpha value is -5.49. The highest BCUT2D eigenvalue weighted by Crippen LogP contribution is 2.43. The predicted octanol–water partition coefficient (Wildman–Crippen LogP) is 7.34. The van der Waals surface area contributed by atoms with Gasteiger partial charge in [-0.1, -0.05) is 22.8 Å². The van der Waals surface area contributed by atoms with Gasteiger partial charge in [0, 0.05) is 28.3 Å². The number of benzene rings is 4. The fraction of sp³-hybridized carbons (Fsp3) is 0.316. The normalized spacial score (nSPS) is 16.1. The van der Waals surface area contributed by atoms with Crippen molar-refractivity contribution in [3.05, 3.63) is 94.0 Å². The van der Waals surface area contributed by atoms with Crippen molar-refractivity contribution in [3.63, 3.8) is 0 Å². The first-order valence-corrected chi connectivity index (χ1v) is 16.7. The van der Waals surface area contributed by atoms with Crippen molar-refractivity contribution in [1.29, 1.82) is 0 Å². The maximum Gasteiger partial charge on any atom is 0.255 e. The third kappa shape index (κ3) is 7.81. The standard InChI is InChI=1S/C38H40ClN3O9/c1-44-29-12-8-22(28-21-31(51-42-28)24-18-34(46-3)36(48-5)35(19-24)47-4)16-33(29)50-15-7-6-14-49-30-13-9-23(17-32(30)45-2)37-40-27-11-10-25(39)20-26(27)38(43)41-37/h8-13,16-20,31,37,40H,6-7,14-15,21H2,1-5H3,(H,41,43). The lowest BCUT2D eigenvalue weighted by Crippen LogP contribution is -2.38. The van der Waals surface area contributed by atoms with E-state index in [-0.39, 0.29) is 12.0 Å². The molecule has 1 amide bonds. The van der Waals surface area contributed by atoms with E-state index < -0.39 is 6.17 Å². The molecule has 4 aromatic rings. The van der Waals surface area contributed by atoms with Crippen LogP contribution < -0.4 is 43.8 Å². The maximum absolute atomic E-state index is 12.7. The number of nitrogens with zero attached hydrogens (tertiary/aromatic N) is 1. The van der Waals surface area contributed by atoms with Gasteiger partial charge in [0.05, 0.1) is 60.0 Å². The Balaban J connectivity index is 1.01. The van der Waals surface area contributed by atoms with E-state index in [0.717, 1.165) is 35.2 Å². The van der Waals surface area contributed by atoms with Gasteiger partial charge >= 0.3 is 0 Å². The number of hydrogen-bond acceptors (Lipinski definition) is 11. The minimum atomic E-state index is -0.432. The van der Waals surface area contributed by atoms with Gasteiger partial charge in [-0.2, -0.15) is 0 Å². The molecular formula is C38H40ClN3O9. The van der Waals surface area contributed by atoms with E-state index >= 15 is 0 Å². The van der Waals surface area contributed by atoms with Crippen molar-refractivity contribution < 1.29 is 42.8 Å². The van der Waals surface area contributed by atoms with Crippen molar-refractivity contribution in [1.82, 2.24) is 5.32 Å². The number of nitrogens with one attached hydrogen (secondary N) is 2. The molecule has 4 aromatic carbocycles. The second-order valence-corrected chi connectivity index (χ2v) is 12.2. The molecule has 2 aliphatic rings. The van der Waals surface area contributed by atoms with Crippen molar-refractivity contribution >= 4 is 28.9 Å². The van der Waals surface area contributed by atoms with Gasteiger partial charge in [0.25, 0.3) is 5.91 Å². The second-order valence-electron chi connectivity index (χ2n) is 11.7. The number of carbonyl (C=O) groups excluding carboxylic acids is 1. The number of halogens is 1. The summed E-state index contributed by atoms with van der Waals surface area (Å²) in [5.74, 6) is 3.82. The van der Waals surface area contributed by atoms with Gasteiger partial charge in [-0.25, -0.2) is 0 Å². The largest absolute Gasteiger partial charge is 0.493 e. The van der Waals surface area contributed by atoms with Gasteiger partial charge in [0.1, 0.15) is 6.17 Å². The first-order valence-electron chi connectivity index (χ1n) is 16.4. The quantitative estimate of drug-likeness (QED) is 0.121. The van der Waals surface area contributed by atoms with Gasteiger partial charge in [0.2, 0.25) is 5.75 Å². The summed E-state index contributed by atoms with van der Waals surface area (Å²) in [6, 6.07) is 20.2. The maximum atomic E-state index is 12.7. The number of fused-ring (bicyclic) bond motifs is 1. The summed E-state index contributed by atoms with van der Waals surface area (Å²) < 4.78 is 39.8. The van der Waals surface area contributed by atoms with Crippen LogP contribution in [0.15, 0.2) is 71.9 Å².